The number of carbonyl (C=O) groups is 4. The van der Waals surface area contributed by atoms with Crippen LogP contribution in [0.2, 0.25) is 0 Å². The molecule has 0 aliphatic heterocycles. The summed E-state index contributed by atoms with van der Waals surface area (Å²) in [6.45, 7) is 4.06. The molecule has 45 heavy (non-hydrogen) atoms. The summed E-state index contributed by atoms with van der Waals surface area (Å²) < 4.78 is 20.3. The first kappa shape index (κ1) is 30.3. The monoisotopic (exact) mass is 606 g/mol. The first-order chi connectivity index (χ1) is 21.5. The van der Waals surface area contributed by atoms with E-state index in [-0.39, 0.29) is 11.5 Å². The van der Waals surface area contributed by atoms with Crippen LogP contribution in [0.3, 0.4) is 0 Å². The van der Waals surface area contributed by atoms with E-state index in [1.54, 1.807) is 48.6 Å². The van der Waals surface area contributed by atoms with Crippen molar-refractivity contribution in [2.75, 3.05) is 0 Å². The number of fused-ring (bicyclic) bond motifs is 3. The molecule has 10 heteroatoms. The van der Waals surface area contributed by atoms with Gasteiger partial charge in [0.1, 0.15) is 23.0 Å². The Morgan fingerprint density at radius 2 is 0.889 bits per heavy atom. The van der Waals surface area contributed by atoms with E-state index >= 15 is 0 Å². The van der Waals surface area contributed by atoms with E-state index in [1.165, 1.54) is 36.4 Å². The second-order valence-electron chi connectivity index (χ2n) is 10.4. The van der Waals surface area contributed by atoms with Gasteiger partial charge in [-0.15, -0.1) is 0 Å². The molecule has 0 fully saturated rings. The van der Waals surface area contributed by atoms with Crippen molar-refractivity contribution in [1.29, 1.82) is 0 Å². The van der Waals surface area contributed by atoms with Gasteiger partial charge in [0.05, 0.1) is 0 Å². The molecule has 226 valence electrons. The number of esters is 2. The average molecular weight is 607 g/mol. The molecule has 0 bridgehead atoms. The van der Waals surface area contributed by atoms with E-state index in [4.69, 9.17) is 19.7 Å². The Morgan fingerprint density at radius 1 is 0.533 bits per heavy atom. The number of carbonyl (C=O) groups excluding carboxylic acids is 2. The molecule has 1 aliphatic rings. The number of hydrogen-bond donors (Lipinski definition) is 2. The molecule has 0 spiro atoms. The maximum Gasteiger partial charge on any atom is 0.511 e. The van der Waals surface area contributed by atoms with E-state index in [0.29, 0.717) is 22.6 Å². The van der Waals surface area contributed by atoms with Gasteiger partial charge < -0.3 is 29.2 Å². The summed E-state index contributed by atoms with van der Waals surface area (Å²) in [5.41, 5.74) is 4.66. The molecule has 0 saturated heterocycles. The van der Waals surface area contributed by atoms with Crippen LogP contribution in [0.5, 0.6) is 23.0 Å². The quantitative estimate of drug-likeness (QED) is 0.0904. The van der Waals surface area contributed by atoms with Crippen molar-refractivity contribution in [2.45, 2.75) is 19.3 Å². The van der Waals surface area contributed by atoms with Gasteiger partial charge in [0.15, 0.2) is 0 Å². The van der Waals surface area contributed by atoms with Crippen LogP contribution in [-0.2, 0) is 15.0 Å². The Labute approximate surface area is 257 Å². The molecule has 0 saturated carbocycles. The Morgan fingerprint density at radius 3 is 1.24 bits per heavy atom. The van der Waals surface area contributed by atoms with Crippen molar-refractivity contribution in [3.63, 3.8) is 0 Å². The van der Waals surface area contributed by atoms with Crippen LogP contribution in [0.4, 0.5) is 9.59 Å². The van der Waals surface area contributed by atoms with Gasteiger partial charge in [-0.25, -0.2) is 19.2 Å². The number of benzene rings is 4. The third-order valence-electron chi connectivity index (χ3n) is 7.05. The molecule has 1 aliphatic carbocycles. The normalized spacial score (nSPS) is 12.8. The standard InChI is InChI=1S/C35H26O10/c1-35(2)29-19-25(42-31(36)17-7-21-3-9-23(10-4-21)44-33(38)39)13-15-27(29)28-16-14-26(20-30(28)35)43-32(37)18-8-22-5-11-24(12-6-22)45-34(40)41/h3-20H,1-2H3,(H,38,39)(H,40,41). The van der Waals surface area contributed by atoms with E-state index in [1.807, 2.05) is 38.1 Å². The lowest BCUT2D eigenvalue weighted by molar-refractivity contribution is -0.129. The molecule has 4 aromatic rings. The Hall–Kier alpha value is -6.16. The maximum atomic E-state index is 12.5. The highest BCUT2D eigenvalue weighted by molar-refractivity contribution is 5.90. The van der Waals surface area contributed by atoms with Gasteiger partial charge >= 0.3 is 24.2 Å². The predicted octanol–water partition coefficient (Wildman–Crippen LogP) is 7.34. The fraction of sp³-hybridized carbons (Fsp3) is 0.0857. The van der Waals surface area contributed by atoms with Gasteiger partial charge in [-0.3, -0.25) is 0 Å². The van der Waals surface area contributed by atoms with Crippen LogP contribution in [0, 0.1) is 0 Å². The predicted molar refractivity (Wildman–Crippen MR) is 164 cm³/mol. The van der Waals surface area contributed by atoms with Crippen LogP contribution < -0.4 is 18.9 Å². The third-order valence-corrected chi connectivity index (χ3v) is 7.05. The number of carboxylic acid groups (broad SMARTS) is 2. The number of rotatable bonds is 8. The second-order valence-corrected chi connectivity index (χ2v) is 10.4. The fourth-order valence-electron chi connectivity index (χ4n) is 4.95. The van der Waals surface area contributed by atoms with Crippen molar-refractivity contribution in [3.8, 4) is 34.1 Å². The van der Waals surface area contributed by atoms with Gasteiger partial charge in [0, 0.05) is 17.6 Å². The molecule has 0 radical (unpaired) electrons. The summed E-state index contributed by atoms with van der Waals surface area (Å²) in [5.74, 6) is -0.0913. The minimum Gasteiger partial charge on any atom is -0.449 e. The number of ether oxygens (including phenoxy) is 4. The SMILES string of the molecule is CC1(C)c2cc(OC(=O)C=Cc3ccc(OC(=O)O)cc3)ccc2-c2ccc(OC(=O)C=Cc3ccc(OC(=O)O)cc3)cc21. The van der Waals surface area contributed by atoms with Gasteiger partial charge in [-0.1, -0.05) is 50.2 Å². The summed E-state index contributed by atoms with van der Waals surface area (Å²) in [6, 6.07) is 23.2. The molecule has 5 rings (SSSR count). The minimum absolute atomic E-state index is 0.168. The Kier molecular flexibility index (Phi) is 8.49. The van der Waals surface area contributed by atoms with E-state index in [2.05, 4.69) is 9.47 Å². The third kappa shape index (κ3) is 7.26. The van der Waals surface area contributed by atoms with Crippen molar-refractivity contribution in [1.82, 2.24) is 0 Å². The molecule has 0 unspecified atom stereocenters. The van der Waals surface area contributed by atoms with Gasteiger partial charge in [-0.05, 0) is 94.1 Å². The minimum atomic E-state index is -1.41. The molecule has 0 heterocycles. The van der Waals surface area contributed by atoms with E-state index in [0.717, 1.165) is 22.3 Å². The Bertz CT molecular complexity index is 1710. The van der Waals surface area contributed by atoms with Crippen LogP contribution >= 0.6 is 0 Å². The van der Waals surface area contributed by atoms with Crippen molar-refractivity contribution in [2.24, 2.45) is 0 Å². The zero-order chi connectivity index (χ0) is 32.1. The highest BCUT2D eigenvalue weighted by atomic mass is 16.7. The molecule has 0 aromatic heterocycles. The summed E-state index contributed by atoms with van der Waals surface area (Å²) in [6.07, 6.45) is 2.83. The average Bonchev–Trinajstić information content (AvgIpc) is 3.21. The van der Waals surface area contributed by atoms with E-state index in [9.17, 15) is 19.2 Å². The summed E-state index contributed by atoms with van der Waals surface area (Å²) >= 11 is 0. The molecule has 4 aromatic carbocycles. The van der Waals surface area contributed by atoms with Crippen LogP contribution in [-0.4, -0.2) is 34.5 Å². The lowest BCUT2D eigenvalue weighted by Crippen LogP contribution is -2.16. The topological polar surface area (TPSA) is 146 Å². The lowest BCUT2D eigenvalue weighted by Gasteiger charge is -2.22. The molecular weight excluding hydrogens is 580 g/mol. The highest BCUT2D eigenvalue weighted by Crippen LogP contribution is 2.50. The molecule has 0 atom stereocenters. The zero-order valence-corrected chi connectivity index (χ0v) is 24.1. The van der Waals surface area contributed by atoms with Crippen LogP contribution in [0.1, 0.15) is 36.1 Å². The van der Waals surface area contributed by atoms with Gasteiger partial charge in [0.2, 0.25) is 0 Å². The Balaban J connectivity index is 1.24. The van der Waals surface area contributed by atoms with Crippen molar-refractivity contribution in [3.05, 3.63) is 119 Å². The first-order valence-electron chi connectivity index (χ1n) is 13.6. The van der Waals surface area contributed by atoms with Crippen molar-refractivity contribution < 1.29 is 48.3 Å². The van der Waals surface area contributed by atoms with Crippen LogP contribution in [0.25, 0.3) is 23.3 Å². The number of hydrogen-bond acceptors (Lipinski definition) is 8. The molecule has 0 amide bonds. The highest BCUT2D eigenvalue weighted by Gasteiger charge is 2.36. The lowest BCUT2D eigenvalue weighted by atomic mass is 9.82. The van der Waals surface area contributed by atoms with Crippen molar-refractivity contribution >= 4 is 36.4 Å². The zero-order valence-electron chi connectivity index (χ0n) is 24.1. The maximum absolute atomic E-state index is 12.5. The smallest absolute Gasteiger partial charge is 0.449 e. The van der Waals surface area contributed by atoms with Crippen LogP contribution in [0.15, 0.2) is 97.1 Å². The molecular formula is C35H26O10. The summed E-state index contributed by atoms with van der Waals surface area (Å²) in [5, 5.41) is 17.4. The second kappa shape index (κ2) is 12.6. The van der Waals surface area contributed by atoms with E-state index < -0.39 is 29.7 Å². The van der Waals surface area contributed by atoms with Gasteiger partial charge in [-0.2, -0.15) is 0 Å². The first-order valence-corrected chi connectivity index (χ1v) is 13.6. The summed E-state index contributed by atoms with van der Waals surface area (Å²) in [7, 11) is 0. The summed E-state index contributed by atoms with van der Waals surface area (Å²) in [4.78, 5) is 46.3. The largest absolute Gasteiger partial charge is 0.511 e. The van der Waals surface area contributed by atoms with Gasteiger partial charge in [0.25, 0.3) is 0 Å². The molecule has 2 N–H and O–H groups in total. The molecule has 10 nitrogen and oxygen atoms in total. The fourth-order valence-corrected chi connectivity index (χ4v) is 4.95.